The van der Waals surface area contributed by atoms with Gasteiger partial charge < -0.3 is 29.2 Å². The molecule has 0 unspecified atom stereocenters. The zero-order valence-corrected chi connectivity index (χ0v) is 19.7. The average Bonchev–Trinajstić information content (AvgIpc) is 3.11. The highest BCUT2D eigenvalue weighted by Gasteiger charge is 2.26. The SMILES string of the molecule is COC[C@H](C)OC(=O)c1c(N)n(CCc2ccc(OC)c(OC)c2)c2nc3ccccc3nc12. The minimum Gasteiger partial charge on any atom is -0.493 e. The Morgan fingerprint density at radius 3 is 2.41 bits per heavy atom. The van der Waals surface area contributed by atoms with E-state index in [0.717, 1.165) is 5.56 Å². The van der Waals surface area contributed by atoms with Crippen molar-refractivity contribution in [3.63, 3.8) is 0 Å². The lowest BCUT2D eigenvalue weighted by atomic mass is 10.1. The number of nitrogens with zero attached hydrogens (tertiary/aromatic N) is 3. The number of nitrogens with two attached hydrogens (primary N) is 1. The van der Waals surface area contributed by atoms with Gasteiger partial charge in [0, 0.05) is 13.7 Å². The Morgan fingerprint density at radius 1 is 1.03 bits per heavy atom. The van der Waals surface area contributed by atoms with Gasteiger partial charge in [0.05, 0.1) is 31.9 Å². The normalized spacial score (nSPS) is 12.1. The van der Waals surface area contributed by atoms with Crippen molar-refractivity contribution in [2.75, 3.05) is 33.7 Å². The maximum Gasteiger partial charge on any atom is 0.344 e. The van der Waals surface area contributed by atoms with Gasteiger partial charge in [-0.05, 0) is 43.2 Å². The van der Waals surface area contributed by atoms with E-state index in [-0.39, 0.29) is 18.0 Å². The molecule has 2 N–H and O–H groups in total. The van der Waals surface area contributed by atoms with E-state index in [1.54, 1.807) is 28.3 Å². The van der Waals surface area contributed by atoms with Crippen molar-refractivity contribution in [1.29, 1.82) is 0 Å². The highest BCUT2D eigenvalue weighted by Crippen LogP contribution is 2.31. The summed E-state index contributed by atoms with van der Waals surface area (Å²) < 4.78 is 23.2. The predicted molar refractivity (Wildman–Crippen MR) is 129 cm³/mol. The van der Waals surface area contributed by atoms with Gasteiger partial charge in [0.1, 0.15) is 23.0 Å². The van der Waals surface area contributed by atoms with Crippen LogP contribution in [0, 0.1) is 0 Å². The van der Waals surface area contributed by atoms with Crippen LogP contribution in [0.15, 0.2) is 42.5 Å². The number of rotatable bonds is 9. The number of carbonyl (C=O) groups is 1. The Hall–Kier alpha value is -3.85. The summed E-state index contributed by atoms with van der Waals surface area (Å²) in [5.41, 5.74) is 10.1. The third-order valence-electron chi connectivity index (χ3n) is 5.58. The first kappa shape index (κ1) is 23.3. The number of para-hydroxylation sites is 2. The van der Waals surface area contributed by atoms with Crippen molar-refractivity contribution in [3.8, 4) is 11.5 Å². The van der Waals surface area contributed by atoms with E-state index < -0.39 is 12.1 Å². The molecule has 1 atom stereocenters. The molecule has 0 saturated heterocycles. The number of hydrogen-bond acceptors (Lipinski definition) is 8. The summed E-state index contributed by atoms with van der Waals surface area (Å²) >= 11 is 0. The van der Waals surface area contributed by atoms with E-state index in [1.807, 2.05) is 47.0 Å². The molecule has 9 nitrogen and oxygen atoms in total. The topological polar surface area (TPSA) is 111 Å². The zero-order valence-electron chi connectivity index (χ0n) is 19.7. The van der Waals surface area contributed by atoms with Crippen molar-refractivity contribution in [3.05, 3.63) is 53.6 Å². The number of anilines is 1. The molecule has 0 fully saturated rings. The van der Waals surface area contributed by atoms with Crippen molar-refractivity contribution in [1.82, 2.24) is 14.5 Å². The fourth-order valence-corrected chi connectivity index (χ4v) is 3.93. The van der Waals surface area contributed by atoms with E-state index in [1.165, 1.54) is 0 Å². The summed E-state index contributed by atoms with van der Waals surface area (Å²) in [4.78, 5) is 22.6. The smallest absolute Gasteiger partial charge is 0.344 e. The van der Waals surface area contributed by atoms with Gasteiger partial charge in [0.25, 0.3) is 0 Å². The Bertz CT molecular complexity index is 1330. The molecule has 4 aromatic rings. The number of methoxy groups -OCH3 is 3. The van der Waals surface area contributed by atoms with E-state index in [2.05, 4.69) is 0 Å². The number of hydrogen-bond donors (Lipinski definition) is 1. The van der Waals surface area contributed by atoms with Crippen LogP contribution in [-0.2, 0) is 22.4 Å². The minimum absolute atomic E-state index is 0.212. The van der Waals surface area contributed by atoms with Crippen LogP contribution in [0.1, 0.15) is 22.8 Å². The molecule has 0 spiro atoms. The van der Waals surface area contributed by atoms with E-state index in [9.17, 15) is 4.79 Å². The van der Waals surface area contributed by atoms with Crippen molar-refractivity contribution in [2.45, 2.75) is 26.0 Å². The monoisotopic (exact) mass is 464 g/mol. The number of esters is 1. The number of aryl methyl sites for hydroxylation is 2. The molecule has 178 valence electrons. The largest absolute Gasteiger partial charge is 0.493 e. The number of nitrogen functional groups attached to an aromatic ring is 1. The fraction of sp³-hybridized carbons (Fsp3) is 0.320. The van der Waals surface area contributed by atoms with Crippen LogP contribution in [0.3, 0.4) is 0 Å². The van der Waals surface area contributed by atoms with Crippen LogP contribution in [0.25, 0.3) is 22.2 Å². The second kappa shape index (κ2) is 9.96. The minimum atomic E-state index is -0.554. The maximum absolute atomic E-state index is 13.1. The molecular weight excluding hydrogens is 436 g/mol. The number of fused-ring (bicyclic) bond motifs is 2. The summed E-state index contributed by atoms with van der Waals surface area (Å²) in [5, 5.41) is 0. The molecule has 0 radical (unpaired) electrons. The molecule has 0 amide bonds. The lowest BCUT2D eigenvalue weighted by Crippen LogP contribution is -2.20. The van der Waals surface area contributed by atoms with Crippen LogP contribution in [-0.4, -0.2) is 54.5 Å². The van der Waals surface area contributed by atoms with Crippen LogP contribution >= 0.6 is 0 Å². The third kappa shape index (κ3) is 4.47. The van der Waals surface area contributed by atoms with E-state index in [4.69, 9.17) is 34.6 Å². The fourth-order valence-electron chi connectivity index (χ4n) is 3.93. The summed E-state index contributed by atoms with van der Waals surface area (Å²) in [6.45, 7) is 2.51. The number of carbonyl (C=O) groups excluding carboxylic acids is 1. The van der Waals surface area contributed by atoms with Crippen molar-refractivity contribution < 1.29 is 23.7 Å². The van der Waals surface area contributed by atoms with Crippen LogP contribution in [0.5, 0.6) is 11.5 Å². The summed E-state index contributed by atoms with van der Waals surface area (Å²) in [6, 6.07) is 13.2. The molecule has 9 heteroatoms. The van der Waals surface area contributed by atoms with Gasteiger partial charge in [-0.2, -0.15) is 0 Å². The predicted octanol–water partition coefficient (Wildman–Crippen LogP) is 3.62. The first-order chi connectivity index (χ1) is 16.5. The molecule has 4 rings (SSSR count). The Balaban J connectivity index is 1.75. The van der Waals surface area contributed by atoms with Gasteiger partial charge in [-0.3, -0.25) is 0 Å². The lowest BCUT2D eigenvalue weighted by Gasteiger charge is -2.12. The number of ether oxygens (including phenoxy) is 4. The third-order valence-corrected chi connectivity index (χ3v) is 5.58. The molecule has 0 saturated carbocycles. The van der Waals surface area contributed by atoms with Crippen LogP contribution < -0.4 is 15.2 Å². The molecule has 0 aliphatic heterocycles. The molecule has 2 aromatic carbocycles. The molecular formula is C25H28N4O5. The molecule has 0 aliphatic carbocycles. The Kier molecular flexibility index (Phi) is 6.83. The lowest BCUT2D eigenvalue weighted by molar-refractivity contribution is 0.0123. The highest BCUT2D eigenvalue weighted by molar-refractivity contribution is 6.08. The Labute approximate surface area is 197 Å². The number of benzene rings is 2. The summed E-state index contributed by atoms with van der Waals surface area (Å²) in [5.74, 6) is 1.01. The molecule has 2 heterocycles. The molecule has 34 heavy (non-hydrogen) atoms. The van der Waals surface area contributed by atoms with Gasteiger partial charge in [-0.15, -0.1) is 0 Å². The molecule has 0 bridgehead atoms. The number of aromatic nitrogens is 3. The van der Waals surface area contributed by atoms with Gasteiger partial charge in [0.15, 0.2) is 17.1 Å². The first-order valence-corrected chi connectivity index (χ1v) is 10.9. The quantitative estimate of drug-likeness (QED) is 0.374. The van der Waals surface area contributed by atoms with Crippen molar-refractivity contribution in [2.24, 2.45) is 0 Å². The van der Waals surface area contributed by atoms with Crippen LogP contribution in [0.4, 0.5) is 5.82 Å². The first-order valence-electron chi connectivity index (χ1n) is 10.9. The zero-order chi connectivity index (χ0) is 24.2. The second-order valence-corrected chi connectivity index (χ2v) is 7.91. The highest BCUT2D eigenvalue weighted by atomic mass is 16.6. The van der Waals surface area contributed by atoms with Gasteiger partial charge >= 0.3 is 5.97 Å². The van der Waals surface area contributed by atoms with Gasteiger partial charge in [-0.25, -0.2) is 14.8 Å². The summed E-state index contributed by atoms with van der Waals surface area (Å²) in [6.07, 6.45) is 0.188. The maximum atomic E-state index is 13.1. The van der Waals surface area contributed by atoms with E-state index in [0.29, 0.717) is 46.7 Å². The standard InChI is InChI=1S/C25H28N4O5/c1-15(14-31-2)34-25(30)21-22-24(28-18-8-6-5-7-17(18)27-22)29(23(21)26)12-11-16-9-10-19(32-3)20(13-16)33-4/h5-10,13,15H,11-12,14,26H2,1-4H3/t15-/m0/s1. The van der Waals surface area contributed by atoms with Gasteiger partial charge in [-0.1, -0.05) is 18.2 Å². The second-order valence-electron chi connectivity index (χ2n) is 7.91. The van der Waals surface area contributed by atoms with E-state index >= 15 is 0 Å². The Morgan fingerprint density at radius 2 is 1.74 bits per heavy atom. The summed E-state index contributed by atoms with van der Waals surface area (Å²) in [7, 11) is 4.75. The van der Waals surface area contributed by atoms with Crippen molar-refractivity contribution >= 4 is 34.0 Å². The molecule has 0 aliphatic rings. The van der Waals surface area contributed by atoms with Crippen LogP contribution in [0.2, 0.25) is 0 Å². The average molecular weight is 465 g/mol. The van der Waals surface area contributed by atoms with Gasteiger partial charge in [0.2, 0.25) is 0 Å². The molecule has 2 aromatic heterocycles.